The topological polar surface area (TPSA) is 69.0 Å². The zero-order valence-corrected chi connectivity index (χ0v) is 13.0. The Kier molecular flexibility index (Phi) is 2.90. The van der Waals surface area contributed by atoms with E-state index in [1.165, 1.54) is 5.56 Å². The molecule has 1 spiro atoms. The van der Waals surface area contributed by atoms with E-state index in [0.717, 1.165) is 29.9 Å². The van der Waals surface area contributed by atoms with Crippen LogP contribution < -0.4 is 10.2 Å². The SMILES string of the molecule is N#Cc1sc(NC(=O)N2CC3(CC3)c3ccccc32)nc1Cl. The number of halogens is 1. The minimum atomic E-state index is -0.230. The Morgan fingerprint density at radius 2 is 2.23 bits per heavy atom. The largest absolute Gasteiger partial charge is 0.328 e. The van der Waals surface area contributed by atoms with Crippen molar-refractivity contribution in [2.45, 2.75) is 18.3 Å². The van der Waals surface area contributed by atoms with Crippen LogP contribution in [0.2, 0.25) is 5.15 Å². The molecule has 1 aromatic heterocycles. The molecule has 2 aliphatic rings. The van der Waals surface area contributed by atoms with Crippen LogP contribution in [-0.2, 0) is 5.41 Å². The molecule has 0 atom stereocenters. The summed E-state index contributed by atoms with van der Waals surface area (Å²) >= 11 is 6.92. The van der Waals surface area contributed by atoms with Gasteiger partial charge in [0.25, 0.3) is 0 Å². The molecule has 2 amide bonds. The molecule has 1 fully saturated rings. The van der Waals surface area contributed by atoms with Crippen molar-refractivity contribution >= 4 is 39.8 Å². The minimum absolute atomic E-state index is 0.128. The van der Waals surface area contributed by atoms with E-state index in [1.54, 1.807) is 4.90 Å². The smallest absolute Gasteiger partial charge is 0.293 e. The van der Waals surface area contributed by atoms with Gasteiger partial charge in [-0.05, 0) is 24.5 Å². The highest BCUT2D eigenvalue weighted by molar-refractivity contribution is 7.16. The fraction of sp³-hybridized carbons (Fsp3) is 0.267. The van der Waals surface area contributed by atoms with E-state index in [9.17, 15) is 4.79 Å². The van der Waals surface area contributed by atoms with Gasteiger partial charge in [0.05, 0.1) is 0 Å². The number of nitriles is 1. The lowest BCUT2D eigenvalue weighted by molar-refractivity contribution is 0.257. The quantitative estimate of drug-likeness (QED) is 0.865. The summed E-state index contributed by atoms with van der Waals surface area (Å²) in [7, 11) is 0. The predicted molar refractivity (Wildman–Crippen MR) is 85.6 cm³/mol. The van der Waals surface area contributed by atoms with Gasteiger partial charge in [0, 0.05) is 17.6 Å². The highest BCUT2D eigenvalue weighted by atomic mass is 35.5. The number of fused-ring (bicyclic) bond motifs is 2. The van der Waals surface area contributed by atoms with Gasteiger partial charge in [-0.2, -0.15) is 5.26 Å². The van der Waals surface area contributed by atoms with Gasteiger partial charge in [0.2, 0.25) is 0 Å². The predicted octanol–water partition coefficient (Wildman–Crippen LogP) is 3.75. The average Bonchev–Trinajstić information content (AvgIpc) is 3.10. The third-order valence-corrected chi connectivity index (χ3v) is 5.49. The van der Waals surface area contributed by atoms with Crippen molar-refractivity contribution in [3.63, 3.8) is 0 Å². The number of benzene rings is 1. The lowest BCUT2D eigenvalue weighted by Gasteiger charge is -2.17. The maximum atomic E-state index is 12.6. The van der Waals surface area contributed by atoms with Gasteiger partial charge in [0.15, 0.2) is 10.3 Å². The van der Waals surface area contributed by atoms with E-state index >= 15 is 0 Å². The van der Waals surface area contributed by atoms with Crippen LogP contribution in [0.3, 0.4) is 0 Å². The summed E-state index contributed by atoms with van der Waals surface area (Å²) in [6, 6.07) is 9.75. The number of rotatable bonds is 1. The summed E-state index contributed by atoms with van der Waals surface area (Å²) in [5, 5.41) is 12.1. The number of carbonyl (C=O) groups excluding carboxylic acids is 1. The van der Waals surface area contributed by atoms with Gasteiger partial charge in [-0.1, -0.05) is 41.1 Å². The zero-order valence-electron chi connectivity index (χ0n) is 11.5. The van der Waals surface area contributed by atoms with E-state index in [-0.39, 0.29) is 16.6 Å². The van der Waals surface area contributed by atoms with E-state index in [2.05, 4.69) is 16.4 Å². The van der Waals surface area contributed by atoms with Gasteiger partial charge in [-0.15, -0.1) is 0 Å². The molecule has 4 rings (SSSR count). The number of aromatic nitrogens is 1. The van der Waals surface area contributed by atoms with Gasteiger partial charge >= 0.3 is 6.03 Å². The highest BCUT2D eigenvalue weighted by Crippen LogP contribution is 2.56. The Balaban J connectivity index is 1.60. The summed E-state index contributed by atoms with van der Waals surface area (Å²) in [5.74, 6) is 0. The number of hydrogen-bond donors (Lipinski definition) is 1. The zero-order chi connectivity index (χ0) is 15.3. The van der Waals surface area contributed by atoms with E-state index in [0.29, 0.717) is 16.6 Å². The van der Waals surface area contributed by atoms with Crippen LogP contribution in [0, 0.1) is 11.3 Å². The van der Waals surface area contributed by atoms with Gasteiger partial charge in [0.1, 0.15) is 10.9 Å². The second-order valence-corrected chi connectivity index (χ2v) is 6.92. The fourth-order valence-corrected chi connectivity index (χ4v) is 3.91. The number of carbonyl (C=O) groups is 1. The van der Waals surface area contributed by atoms with E-state index in [1.807, 2.05) is 24.3 Å². The number of thiazole rings is 1. The lowest BCUT2D eigenvalue weighted by atomic mass is 9.99. The third kappa shape index (κ3) is 1.97. The van der Waals surface area contributed by atoms with Crippen LogP contribution in [0.5, 0.6) is 0 Å². The maximum Gasteiger partial charge on any atom is 0.328 e. The average molecular weight is 331 g/mol. The number of amides is 2. The van der Waals surface area contributed by atoms with Crippen molar-refractivity contribution in [2.75, 3.05) is 16.8 Å². The monoisotopic (exact) mass is 330 g/mol. The minimum Gasteiger partial charge on any atom is -0.293 e. The maximum absolute atomic E-state index is 12.6. The van der Waals surface area contributed by atoms with Crippen LogP contribution in [0.4, 0.5) is 15.6 Å². The molecule has 0 radical (unpaired) electrons. The van der Waals surface area contributed by atoms with Crippen LogP contribution in [0.1, 0.15) is 23.3 Å². The van der Waals surface area contributed by atoms with Crippen molar-refractivity contribution in [3.05, 3.63) is 39.9 Å². The molecule has 1 N–H and O–H groups in total. The van der Waals surface area contributed by atoms with Crippen LogP contribution in [0.25, 0.3) is 0 Å². The van der Waals surface area contributed by atoms with Crippen molar-refractivity contribution in [2.24, 2.45) is 0 Å². The molecule has 2 aromatic rings. The van der Waals surface area contributed by atoms with Crippen molar-refractivity contribution in [1.82, 2.24) is 4.98 Å². The first-order valence-corrected chi connectivity index (χ1v) is 8.07. The normalized spacial score (nSPS) is 17.2. The second kappa shape index (κ2) is 4.70. The number of hydrogen-bond acceptors (Lipinski definition) is 4. The third-order valence-electron chi connectivity index (χ3n) is 4.23. The summed E-state index contributed by atoms with van der Waals surface area (Å²) in [6.45, 7) is 0.697. The molecule has 1 aliphatic heterocycles. The molecular weight excluding hydrogens is 320 g/mol. The Labute approximate surface area is 136 Å². The first-order chi connectivity index (χ1) is 10.6. The van der Waals surface area contributed by atoms with Crippen LogP contribution >= 0.6 is 22.9 Å². The first kappa shape index (κ1) is 13.6. The molecule has 0 unspecified atom stereocenters. The molecule has 1 aliphatic carbocycles. The number of nitrogens with zero attached hydrogens (tertiary/aromatic N) is 3. The molecule has 5 nitrogen and oxygen atoms in total. The van der Waals surface area contributed by atoms with Crippen LogP contribution in [-0.4, -0.2) is 17.6 Å². The molecule has 0 saturated heterocycles. The molecule has 1 saturated carbocycles. The molecule has 2 heterocycles. The number of urea groups is 1. The summed E-state index contributed by atoms with van der Waals surface area (Å²) in [4.78, 5) is 18.6. The Hall–Kier alpha value is -2.10. The molecule has 1 aromatic carbocycles. The Bertz CT molecular complexity index is 821. The number of nitrogens with one attached hydrogen (secondary N) is 1. The second-order valence-electron chi connectivity index (χ2n) is 5.56. The molecule has 22 heavy (non-hydrogen) atoms. The van der Waals surface area contributed by atoms with Crippen molar-refractivity contribution in [1.29, 1.82) is 5.26 Å². The summed E-state index contributed by atoms with van der Waals surface area (Å²) in [6.07, 6.45) is 2.24. The number of anilines is 2. The molecule has 110 valence electrons. The Morgan fingerprint density at radius 1 is 1.45 bits per heavy atom. The van der Waals surface area contributed by atoms with Crippen molar-refractivity contribution in [3.8, 4) is 6.07 Å². The number of para-hydroxylation sites is 1. The summed E-state index contributed by atoms with van der Waals surface area (Å²) in [5.41, 5.74) is 2.35. The molecule has 0 bridgehead atoms. The first-order valence-electron chi connectivity index (χ1n) is 6.87. The highest BCUT2D eigenvalue weighted by Gasteiger charge is 2.52. The lowest BCUT2D eigenvalue weighted by Crippen LogP contribution is -2.35. The van der Waals surface area contributed by atoms with Crippen molar-refractivity contribution < 1.29 is 4.79 Å². The van der Waals surface area contributed by atoms with Gasteiger partial charge in [-0.25, -0.2) is 9.78 Å². The van der Waals surface area contributed by atoms with Gasteiger partial charge in [-0.3, -0.25) is 10.2 Å². The standard InChI is InChI=1S/C15H11ClN4OS/c16-12-11(7-17)22-13(18-12)19-14(21)20-8-15(5-6-15)9-3-1-2-4-10(9)20/h1-4H,5-6,8H2,(H,18,19,21). The van der Waals surface area contributed by atoms with Crippen LogP contribution in [0.15, 0.2) is 24.3 Å². The Morgan fingerprint density at radius 3 is 2.91 bits per heavy atom. The molecule has 7 heteroatoms. The molecular formula is C15H11ClN4OS. The van der Waals surface area contributed by atoms with E-state index < -0.39 is 0 Å². The van der Waals surface area contributed by atoms with E-state index in [4.69, 9.17) is 16.9 Å². The fourth-order valence-electron chi connectivity index (χ4n) is 2.97. The summed E-state index contributed by atoms with van der Waals surface area (Å²) < 4.78 is 0. The van der Waals surface area contributed by atoms with Gasteiger partial charge < -0.3 is 0 Å².